The number of nitrogens with zero attached hydrogens (tertiary/aromatic N) is 1. The Morgan fingerprint density at radius 3 is 1.97 bits per heavy atom. The van der Waals surface area contributed by atoms with Crippen LogP contribution in [0.3, 0.4) is 0 Å². The molecule has 0 fully saturated rings. The van der Waals surface area contributed by atoms with E-state index in [0.29, 0.717) is 39.2 Å². The van der Waals surface area contributed by atoms with Crippen LogP contribution in [0.25, 0.3) is 0 Å². The van der Waals surface area contributed by atoms with E-state index in [1.165, 1.54) is 5.56 Å². The third-order valence-corrected chi connectivity index (χ3v) is 4.65. The molecular formula is C28H34AuCl3N2O4. The molecule has 0 radical (unpaired) electrons. The van der Waals surface area contributed by atoms with Crippen molar-refractivity contribution in [2.45, 2.75) is 45.8 Å². The van der Waals surface area contributed by atoms with Gasteiger partial charge in [0.1, 0.15) is 5.76 Å². The number of terminal acetylenes is 1. The first-order valence-electron chi connectivity index (χ1n) is 11.9. The second-order valence-electron chi connectivity index (χ2n) is 7.76. The molecule has 0 atom stereocenters. The molecule has 1 aromatic heterocycles. The van der Waals surface area contributed by atoms with Crippen molar-refractivity contribution in [3.05, 3.63) is 89.6 Å². The molecular weight excluding hydrogens is 732 g/mol. The molecule has 1 amide bonds. The number of nitrogens with one attached hydrogen (secondary N) is 1. The summed E-state index contributed by atoms with van der Waals surface area (Å²) in [4.78, 5) is 15.3. The van der Waals surface area contributed by atoms with Gasteiger partial charge in [-0.3, -0.25) is 4.79 Å². The molecule has 2 aromatic carbocycles. The molecule has 0 bridgehead atoms. The fourth-order valence-electron chi connectivity index (χ4n) is 2.94. The van der Waals surface area contributed by atoms with Crippen molar-refractivity contribution in [2.24, 2.45) is 0 Å². The van der Waals surface area contributed by atoms with Gasteiger partial charge in [-0.15, -0.1) is 6.42 Å². The summed E-state index contributed by atoms with van der Waals surface area (Å²) in [6.07, 6.45) is 9.72. The predicted molar refractivity (Wildman–Crippen MR) is 150 cm³/mol. The zero-order valence-electron chi connectivity index (χ0n) is 21.3. The number of hydrogen-bond acceptors (Lipinski definition) is 5. The minimum atomic E-state index is -1.79. The molecule has 6 nitrogen and oxygen atoms in total. The van der Waals surface area contributed by atoms with E-state index in [0.717, 1.165) is 36.7 Å². The van der Waals surface area contributed by atoms with Gasteiger partial charge in [-0.05, 0) is 30.9 Å². The van der Waals surface area contributed by atoms with Crippen LogP contribution < -0.4 is 5.32 Å². The summed E-state index contributed by atoms with van der Waals surface area (Å²) in [5, 5.41) is 2.61. The third-order valence-electron chi connectivity index (χ3n) is 4.65. The first kappa shape index (κ1) is 34.2. The Morgan fingerprint density at radius 2 is 1.50 bits per heavy atom. The number of ether oxygens (including phenoxy) is 2. The van der Waals surface area contributed by atoms with Crippen LogP contribution in [0.15, 0.2) is 71.3 Å². The Balaban J connectivity index is 0.000000333. The van der Waals surface area contributed by atoms with E-state index in [9.17, 15) is 4.79 Å². The molecule has 0 saturated heterocycles. The van der Waals surface area contributed by atoms with Gasteiger partial charge in [0.2, 0.25) is 5.91 Å². The molecule has 0 aliphatic rings. The van der Waals surface area contributed by atoms with Gasteiger partial charge in [-0.25, -0.2) is 4.98 Å². The van der Waals surface area contributed by atoms with Gasteiger partial charge in [0.25, 0.3) is 0 Å². The van der Waals surface area contributed by atoms with Gasteiger partial charge in [0.15, 0.2) is 5.89 Å². The standard InChI is InChI=1S/2C14H17NO2.Au.3ClH/c1-12-10-15-14(17-12)8-5-9-16-11-13-6-3-2-4-7-13;1-2-10-15-14(16)9-6-11-17-12-13-7-4-3-5-8-13;;;;/h2-4,6-7,10H,5,8-9,11H2,1H3;1,3-5,7-8H,6,9-12H2,(H,15,16);;3*1H/q;;+3;;;/p-3. The van der Waals surface area contributed by atoms with Crippen LogP contribution in [-0.4, -0.2) is 30.6 Å². The summed E-state index contributed by atoms with van der Waals surface area (Å²) < 4.78 is 16.4. The second kappa shape index (κ2) is 23.1. The maximum atomic E-state index is 11.2. The van der Waals surface area contributed by atoms with Crippen LogP contribution in [0.4, 0.5) is 0 Å². The molecule has 10 heteroatoms. The SMILES string of the molecule is C#CCNC(=O)CCCOCc1ccccc1.Cc1cnc(CCCOCc2ccccc2)o1.[Cl][Au]([Cl])[Cl]. The number of halogens is 3. The summed E-state index contributed by atoms with van der Waals surface area (Å²) in [5.41, 5.74) is 2.35. The number of carbonyl (C=O) groups is 1. The average molecular weight is 766 g/mol. The molecule has 1 N–H and O–H groups in total. The Labute approximate surface area is 244 Å². The van der Waals surface area contributed by atoms with Gasteiger partial charge in [0, 0.05) is 26.1 Å². The Bertz CT molecular complexity index is 1030. The Kier molecular flexibility index (Phi) is 20.8. The van der Waals surface area contributed by atoms with Crippen molar-refractivity contribution in [1.82, 2.24) is 10.3 Å². The van der Waals surface area contributed by atoms with E-state index in [-0.39, 0.29) is 5.91 Å². The van der Waals surface area contributed by atoms with Crippen molar-refractivity contribution in [3.63, 3.8) is 0 Å². The molecule has 3 aromatic rings. The minimum absolute atomic E-state index is 0.0220. The summed E-state index contributed by atoms with van der Waals surface area (Å²) in [5.74, 6) is 4.00. The molecule has 0 unspecified atom stereocenters. The molecule has 3 rings (SSSR count). The maximum absolute atomic E-state index is 11.2. The van der Waals surface area contributed by atoms with E-state index in [1.54, 1.807) is 6.20 Å². The van der Waals surface area contributed by atoms with E-state index in [2.05, 4.69) is 28.4 Å². The fourth-order valence-corrected chi connectivity index (χ4v) is 2.94. The zero-order valence-corrected chi connectivity index (χ0v) is 25.7. The number of aryl methyl sites for hydroxylation is 2. The molecule has 1 heterocycles. The molecule has 0 spiro atoms. The molecule has 0 aliphatic carbocycles. The topological polar surface area (TPSA) is 73.6 Å². The summed E-state index contributed by atoms with van der Waals surface area (Å²) in [6, 6.07) is 20.1. The van der Waals surface area contributed by atoms with Crippen LogP contribution in [0.5, 0.6) is 0 Å². The summed E-state index contributed by atoms with van der Waals surface area (Å²) in [6.45, 7) is 4.78. The number of carbonyl (C=O) groups excluding carboxylic acids is 1. The first-order chi connectivity index (χ1) is 18.4. The summed E-state index contributed by atoms with van der Waals surface area (Å²) >= 11 is -1.79. The van der Waals surface area contributed by atoms with E-state index < -0.39 is 15.2 Å². The van der Waals surface area contributed by atoms with Crippen LogP contribution in [0.2, 0.25) is 0 Å². The normalized spacial score (nSPS) is 10.2. The summed E-state index contributed by atoms with van der Waals surface area (Å²) in [7, 11) is 14.9. The Morgan fingerprint density at radius 1 is 0.974 bits per heavy atom. The van der Waals surface area contributed by atoms with Crippen LogP contribution in [-0.2, 0) is 49.1 Å². The number of hydrogen-bond donors (Lipinski definition) is 1. The molecule has 38 heavy (non-hydrogen) atoms. The van der Waals surface area contributed by atoms with Crippen LogP contribution in [0.1, 0.15) is 42.0 Å². The molecule has 0 saturated carbocycles. The van der Waals surface area contributed by atoms with Crippen molar-refractivity contribution in [2.75, 3.05) is 19.8 Å². The van der Waals surface area contributed by atoms with Gasteiger partial charge < -0.3 is 19.2 Å². The quantitative estimate of drug-likeness (QED) is 0.116. The predicted octanol–water partition coefficient (Wildman–Crippen LogP) is 6.93. The van der Waals surface area contributed by atoms with Gasteiger partial charge in [-0.1, -0.05) is 66.6 Å². The third kappa shape index (κ3) is 20.2. The van der Waals surface area contributed by atoms with E-state index in [1.807, 2.05) is 55.5 Å². The average Bonchev–Trinajstić information content (AvgIpc) is 3.33. The number of aromatic nitrogens is 1. The van der Waals surface area contributed by atoms with Crippen molar-refractivity contribution < 1.29 is 33.9 Å². The monoisotopic (exact) mass is 764 g/mol. The molecule has 212 valence electrons. The van der Waals surface area contributed by atoms with Crippen molar-refractivity contribution in [1.29, 1.82) is 0 Å². The zero-order chi connectivity index (χ0) is 27.8. The number of benzene rings is 2. The number of oxazole rings is 1. The van der Waals surface area contributed by atoms with Crippen molar-refractivity contribution >= 4 is 33.5 Å². The first-order valence-corrected chi connectivity index (χ1v) is 19.9. The van der Waals surface area contributed by atoms with Crippen molar-refractivity contribution in [3.8, 4) is 12.3 Å². The van der Waals surface area contributed by atoms with Gasteiger partial charge in [0.05, 0.1) is 26.0 Å². The van der Waals surface area contributed by atoms with E-state index in [4.69, 9.17) is 47.9 Å². The van der Waals surface area contributed by atoms with Gasteiger partial charge in [-0.2, -0.15) is 0 Å². The fraction of sp³-hybridized carbons (Fsp3) is 0.357. The van der Waals surface area contributed by atoms with E-state index >= 15 is 0 Å². The van der Waals surface area contributed by atoms with Gasteiger partial charge >= 0.3 is 42.8 Å². The molecule has 0 aliphatic heterocycles. The number of rotatable bonds is 13. The van der Waals surface area contributed by atoms with Crippen LogP contribution in [0, 0.1) is 19.3 Å². The van der Waals surface area contributed by atoms with Crippen LogP contribution >= 0.6 is 27.6 Å². The second-order valence-corrected chi connectivity index (χ2v) is 17.1. The Hall–Kier alpha value is -1.79. The number of amides is 1.